The van der Waals surface area contributed by atoms with Crippen molar-refractivity contribution in [2.24, 2.45) is 0 Å². The Morgan fingerprint density at radius 2 is 2.00 bits per heavy atom. The molecule has 21 heavy (non-hydrogen) atoms. The Labute approximate surface area is 123 Å². The molecule has 0 bridgehead atoms. The maximum atomic E-state index is 11.0. The molecule has 0 aliphatic carbocycles. The molecular formula is C16H17NO4. The molecule has 0 saturated carbocycles. The minimum Gasteiger partial charge on any atom is -0.488 e. The second kappa shape index (κ2) is 6.37. The van der Waals surface area contributed by atoms with E-state index >= 15 is 0 Å². The highest BCUT2D eigenvalue weighted by Gasteiger charge is 2.14. The number of aryl methyl sites for hydroxylation is 1. The summed E-state index contributed by atoms with van der Waals surface area (Å²) < 4.78 is 5.69. The fraction of sp³-hybridized carbons (Fsp3) is 0.250. The van der Waals surface area contributed by atoms with E-state index in [-0.39, 0.29) is 12.3 Å². The third-order valence-electron chi connectivity index (χ3n) is 3.19. The van der Waals surface area contributed by atoms with Gasteiger partial charge in [0.1, 0.15) is 12.4 Å². The molecule has 5 nitrogen and oxygen atoms in total. The van der Waals surface area contributed by atoms with Crippen molar-refractivity contribution >= 4 is 5.69 Å². The van der Waals surface area contributed by atoms with Crippen molar-refractivity contribution in [3.8, 4) is 5.75 Å². The molecule has 5 heteroatoms. The Morgan fingerprint density at radius 3 is 2.67 bits per heavy atom. The number of rotatable bonds is 5. The number of aliphatic hydroxyl groups is 1. The monoisotopic (exact) mass is 287 g/mol. The fourth-order valence-corrected chi connectivity index (χ4v) is 2.08. The van der Waals surface area contributed by atoms with Crippen molar-refractivity contribution in [2.45, 2.75) is 26.6 Å². The number of nitro benzene ring substituents is 1. The molecule has 0 heterocycles. The van der Waals surface area contributed by atoms with Crippen molar-refractivity contribution in [3.63, 3.8) is 0 Å². The molecule has 0 unspecified atom stereocenters. The van der Waals surface area contributed by atoms with E-state index in [1.807, 2.05) is 19.1 Å². The topological polar surface area (TPSA) is 72.6 Å². The highest BCUT2D eigenvalue weighted by Crippen LogP contribution is 2.28. The van der Waals surface area contributed by atoms with Crippen LogP contribution in [0.15, 0.2) is 42.5 Å². The van der Waals surface area contributed by atoms with Crippen molar-refractivity contribution in [1.82, 2.24) is 0 Å². The van der Waals surface area contributed by atoms with Crippen LogP contribution >= 0.6 is 0 Å². The van der Waals surface area contributed by atoms with Crippen LogP contribution in [-0.2, 0) is 6.61 Å². The van der Waals surface area contributed by atoms with Gasteiger partial charge in [-0.15, -0.1) is 0 Å². The van der Waals surface area contributed by atoms with Crippen LogP contribution in [0.25, 0.3) is 0 Å². The molecule has 0 spiro atoms. The first kappa shape index (κ1) is 15.0. The molecule has 0 saturated heterocycles. The summed E-state index contributed by atoms with van der Waals surface area (Å²) in [6, 6.07) is 12.0. The lowest BCUT2D eigenvalue weighted by atomic mass is 10.1. The minimum atomic E-state index is -0.661. The zero-order valence-corrected chi connectivity index (χ0v) is 11.9. The quantitative estimate of drug-likeness (QED) is 0.674. The Balaban J connectivity index is 2.24. The summed E-state index contributed by atoms with van der Waals surface area (Å²) in [5.41, 5.74) is 2.19. The molecule has 2 aromatic carbocycles. The van der Waals surface area contributed by atoms with Crippen molar-refractivity contribution in [3.05, 3.63) is 69.3 Å². The van der Waals surface area contributed by atoms with E-state index in [1.165, 1.54) is 6.07 Å². The first-order valence-electron chi connectivity index (χ1n) is 6.62. The van der Waals surface area contributed by atoms with Gasteiger partial charge in [-0.2, -0.15) is 0 Å². The zero-order valence-electron chi connectivity index (χ0n) is 11.9. The van der Waals surface area contributed by atoms with Gasteiger partial charge < -0.3 is 9.84 Å². The number of nitrogens with zero attached hydrogens (tertiary/aromatic N) is 1. The molecular weight excluding hydrogens is 270 g/mol. The van der Waals surface area contributed by atoms with Crippen LogP contribution in [0, 0.1) is 17.0 Å². The Bertz CT molecular complexity index is 652. The standard InChI is InChI=1S/C16H17NO4/c1-11-7-8-14(12(2)18)16(9-11)21-10-13-5-3-4-6-15(13)17(19)20/h3-9,12,18H,10H2,1-2H3/t12-/m0/s1. The lowest BCUT2D eigenvalue weighted by molar-refractivity contribution is -0.385. The van der Waals surface area contributed by atoms with E-state index in [0.717, 1.165) is 5.56 Å². The molecule has 0 aliphatic rings. The largest absolute Gasteiger partial charge is 0.488 e. The summed E-state index contributed by atoms with van der Waals surface area (Å²) in [7, 11) is 0. The van der Waals surface area contributed by atoms with Crippen LogP contribution in [0.5, 0.6) is 5.75 Å². The average Bonchev–Trinajstić information content (AvgIpc) is 2.45. The third kappa shape index (κ3) is 3.58. The van der Waals surface area contributed by atoms with Gasteiger partial charge in [0, 0.05) is 11.6 Å². The van der Waals surface area contributed by atoms with E-state index in [2.05, 4.69) is 0 Å². The predicted molar refractivity (Wildman–Crippen MR) is 79.2 cm³/mol. The van der Waals surface area contributed by atoms with Crippen molar-refractivity contribution < 1.29 is 14.8 Å². The van der Waals surface area contributed by atoms with Gasteiger partial charge in [0.15, 0.2) is 0 Å². The molecule has 0 amide bonds. The molecule has 0 aliphatic heterocycles. The number of ether oxygens (including phenoxy) is 1. The second-order valence-corrected chi connectivity index (χ2v) is 4.89. The molecule has 1 N–H and O–H groups in total. The number of aliphatic hydroxyl groups excluding tert-OH is 1. The molecule has 0 fully saturated rings. The highest BCUT2D eigenvalue weighted by atomic mass is 16.6. The van der Waals surface area contributed by atoms with E-state index in [4.69, 9.17) is 4.74 Å². The third-order valence-corrected chi connectivity index (χ3v) is 3.19. The zero-order chi connectivity index (χ0) is 15.4. The van der Waals surface area contributed by atoms with E-state index in [0.29, 0.717) is 16.9 Å². The Hall–Kier alpha value is -2.40. The van der Waals surface area contributed by atoms with Crippen molar-refractivity contribution in [2.75, 3.05) is 0 Å². The molecule has 2 aromatic rings. The smallest absolute Gasteiger partial charge is 0.276 e. The number of benzene rings is 2. The van der Waals surface area contributed by atoms with Crippen LogP contribution in [0.4, 0.5) is 5.69 Å². The number of hydrogen-bond donors (Lipinski definition) is 1. The summed E-state index contributed by atoms with van der Waals surface area (Å²) in [4.78, 5) is 10.5. The molecule has 1 atom stereocenters. The highest BCUT2D eigenvalue weighted by molar-refractivity contribution is 5.41. The van der Waals surface area contributed by atoms with Gasteiger partial charge in [-0.1, -0.05) is 24.3 Å². The van der Waals surface area contributed by atoms with Gasteiger partial charge in [0.25, 0.3) is 5.69 Å². The lowest BCUT2D eigenvalue weighted by Crippen LogP contribution is -2.03. The number of hydrogen-bond acceptors (Lipinski definition) is 4. The normalized spacial score (nSPS) is 12.0. The Kier molecular flexibility index (Phi) is 4.55. The van der Waals surface area contributed by atoms with Crippen LogP contribution in [-0.4, -0.2) is 10.0 Å². The summed E-state index contributed by atoms with van der Waals surface area (Å²) in [6.45, 7) is 3.66. The van der Waals surface area contributed by atoms with Crippen LogP contribution in [0.2, 0.25) is 0 Å². The minimum absolute atomic E-state index is 0.0313. The molecule has 0 radical (unpaired) electrons. The first-order chi connectivity index (χ1) is 9.99. The molecule has 2 rings (SSSR count). The van der Waals surface area contributed by atoms with Crippen LogP contribution < -0.4 is 4.74 Å². The summed E-state index contributed by atoms with van der Waals surface area (Å²) >= 11 is 0. The van der Waals surface area contributed by atoms with Gasteiger partial charge in [0.2, 0.25) is 0 Å². The summed E-state index contributed by atoms with van der Waals surface area (Å²) in [5, 5.41) is 20.7. The van der Waals surface area contributed by atoms with Gasteiger partial charge >= 0.3 is 0 Å². The van der Waals surface area contributed by atoms with E-state index in [1.54, 1.807) is 31.2 Å². The second-order valence-electron chi connectivity index (χ2n) is 4.89. The number of para-hydroxylation sites is 1. The molecule has 0 aromatic heterocycles. The SMILES string of the molecule is Cc1ccc([C@H](C)O)c(OCc2ccccc2[N+](=O)[O-])c1. The van der Waals surface area contributed by atoms with Gasteiger partial charge in [-0.25, -0.2) is 0 Å². The van der Waals surface area contributed by atoms with E-state index < -0.39 is 11.0 Å². The maximum absolute atomic E-state index is 11.0. The lowest BCUT2D eigenvalue weighted by Gasteiger charge is -2.14. The summed E-state index contributed by atoms with van der Waals surface area (Å²) in [5.74, 6) is 0.545. The number of nitro groups is 1. The van der Waals surface area contributed by atoms with Gasteiger partial charge in [0.05, 0.1) is 16.6 Å². The van der Waals surface area contributed by atoms with Gasteiger partial charge in [-0.05, 0) is 31.5 Å². The Morgan fingerprint density at radius 1 is 1.29 bits per heavy atom. The van der Waals surface area contributed by atoms with E-state index in [9.17, 15) is 15.2 Å². The maximum Gasteiger partial charge on any atom is 0.276 e. The van der Waals surface area contributed by atoms with Crippen molar-refractivity contribution in [1.29, 1.82) is 0 Å². The van der Waals surface area contributed by atoms with Crippen LogP contribution in [0.1, 0.15) is 29.7 Å². The summed E-state index contributed by atoms with van der Waals surface area (Å²) in [6.07, 6.45) is -0.661. The average molecular weight is 287 g/mol. The van der Waals surface area contributed by atoms with Crippen LogP contribution in [0.3, 0.4) is 0 Å². The first-order valence-corrected chi connectivity index (χ1v) is 6.62. The van der Waals surface area contributed by atoms with Gasteiger partial charge in [-0.3, -0.25) is 10.1 Å². The predicted octanol–water partition coefficient (Wildman–Crippen LogP) is 3.54. The fourth-order valence-electron chi connectivity index (χ4n) is 2.08. The molecule has 110 valence electrons.